The van der Waals surface area contributed by atoms with E-state index in [0.29, 0.717) is 6.54 Å². The molecule has 1 amide bonds. The molecule has 0 saturated carbocycles. The summed E-state index contributed by atoms with van der Waals surface area (Å²) in [6.45, 7) is 4.62. The third kappa shape index (κ3) is 4.12. The Morgan fingerprint density at radius 1 is 1.50 bits per heavy atom. The third-order valence-electron chi connectivity index (χ3n) is 2.79. The van der Waals surface area contributed by atoms with E-state index in [9.17, 15) is 4.79 Å². The number of amides is 1. The fourth-order valence-corrected chi connectivity index (χ4v) is 1.89. The molecule has 1 aromatic heterocycles. The number of rotatable bonds is 5. The highest BCUT2D eigenvalue weighted by molar-refractivity contribution is 7.08. The summed E-state index contributed by atoms with van der Waals surface area (Å²) in [5.41, 5.74) is 6.53. The molecule has 0 radical (unpaired) electrons. The molecule has 1 rings (SSSR count). The van der Waals surface area contributed by atoms with Crippen LogP contribution in [0.2, 0.25) is 0 Å². The Labute approximate surface area is 107 Å². The molecule has 0 fully saturated rings. The molecule has 92 valence electrons. The SMILES string of the molecule is CCC(N)(CC)CNC(=O)c1ccsc1.Cl. The molecule has 0 atom stereocenters. The second-order valence-electron chi connectivity index (χ2n) is 3.76. The molecule has 0 spiro atoms. The Balaban J connectivity index is 0.00000225. The van der Waals surface area contributed by atoms with Gasteiger partial charge in [-0.2, -0.15) is 11.3 Å². The zero-order valence-corrected chi connectivity index (χ0v) is 11.3. The maximum atomic E-state index is 11.6. The zero-order chi connectivity index (χ0) is 11.3. The van der Waals surface area contributed by atoms with E-state index in [4.69, 9.17) is 5.73 Å². The average molecular weight is 263 g/mol. The van der Waals surface area contributed by atoms with Crippen LogP contribution in [0.5, 0.6) is 0 Å². The molecule has 5 heteroatoms. The van der Waals surface area contributed by atoms with E-state index in [1.54, 1.807) is 0 Å². The minimum Gasteiger partial charge on any atom is -0.350 e. The van der Waals surface area contributed by atoms with Crippen molar-refractivity contribution < 1.29 is 4.79 Å². The number of hydrogen-bond acceptors (Lipinski definition) is 3. The normalized spacial score (nSPS) is 10.7. The first kappa shape index (κ1) is 15.4. The van der Waals surface area contributed by atoms with Crippen molar-refractivity contribution >= 4 is 29.7 Å². The van der Waals surface area contributed by atoms with Gasteiger partial charge in [0.1, 0.15) is 0 Å². The number of nitrogens with one attached hydrogen (secondary N) is 1. The summed E-state index contributed by atoms with van der Waals surface area (Å²) in [5, 5.41) is 6.60. The topological polar surface area (TPSA) is 55.1 Å². The Hall–Kier alpha value is -0.580. The summed E-state index contributed by atoms with van der Waals surface area (Å²) in [4.78, 5) is 11.6. The van der Waals surface area contributed by atoms with Gasteiger partial charge < -0.3 is 11.1 Å². The highest BCUT2D eigenvalue weighted by Crippen LogP contribution is 2.10. The van der Waals surface area contributed by atoms with Gasteiger partial charge in [-0.15, -0.1) is 12.4 Å². The Morgan fingerprint density at radius 3 is 2.56 bits per heavy atom. The van der Waals surface area contributed by atoms with Crippen molar-refractivity contribution in [2.45, 2.75) is 32.2 Å². The Bertz CT molecular complexity index is 310. The van der Waals surface area contributed by atoms with Crippen LogP contribution in [0, 0.1) is 0 Å². The van der Waals surface area contributed by atoms with Gasteiger partial charge in [0.15, 0.2) is 0 Å². The maximum Gasteiger partial charge on any atom is 0.252 e. The molecule has 0 aliphatic heterocycles. The highest BCUT2D eigenvalue weighted by atomic mass is 35.5. The first-order valence-corrected chi connectivity index (χ1v) is 6.15. The standard InChI is InChI=1S/C11H18N2OS.ClH/c1-3-11(12,4-2)8-13-10(14)9-5-6-15-7-9;/h5-7H,3-4,8,12H2,1-2H3,(H,13,14);1H. The van der Waals surface area contributed by atoms with E-state index in [2.05, 4.69) is 5.32 Å². The van der Waals surface area contributed by atoms with Crippen LogP contribution in [-0.2, 0) is 0 Å². The van der Waals surface area contributed by atoms with Crippen LogP contribution in [0.4, 0.5) is 0 Å². The summed E-state index contributed by atoms with van der Waals surface area (Å²) >= 11 is 1.52. The maximum absolute atomic E-state index is 11.6. The predicted molar refractivity (Wildman–Crippen MR) is 71.4 cm³/mol. The lowest BCUT2D eigenvalue weighted by atomic mass is 9.94. The zero-order valence-electron chi connectivity index (χ0n) is 9.66. The van der Waals surface area contributed by atoms with Crippen LogP contribution in [0.25, 0.3) is 0 Å². The van der Waals surface area contributed by atoms with Gasteiger partial charge in [-0.1, -0.05) is 13.8 Å². The van der Waals surface area contributed by atoms with Crippen LogP contribution in [0.1, 0.15) is 37.0 Å². The lowest BCUT2D eigenvalue weighted by molar-refractivity contribution is 0.0942. The summed E-state index contributed by atoms with van der Waals surface area (Å²) in [6.07, 6.45) is 1.74. The first-order valence-electron chi connectivity index (χ1n) is 5.20. The van der Waals surface area contributed by atoms with E-state index < -0.39 is 0 Å². The van der Waals surface area contributed by atoms with Gasteiger partial charge in [-0.25, -0.2) is 0 Å². The number of nitrogens with two attached hydrogens (primary N) is 1. The van der Waals surface area contributed by atoms with Crippen LogP contribution in [-0.4, -0.2) is 18.0 Å². The van der Waals surface area contributed by atoms with Gasteiger partial charge in [0, 0.05) is 23.0 Å². The molecule has 3 nitrogen and oxygen atoms in total. The van der Waals surface area contributed by atoms with Crippen molar-refractivity contribution in [1.29, 1.82) is 0 Å². The van der Waals surface area contributed by atoms with E-state index in [1.807, 2.05) is 30.7 Å². The predicted octanol–water partition coefficient (Wildman–Crippen LogP) is 2.42. The van der Waals surface area contributed by atoms with Crippen molar-refractivity contribution in [3.8, 4) is 0 Å². The van der Waals surface area contributed by atoms with Gasteiger partial charge in [-0.05, 0) is 24.3 Å². The molecule has 1 heterocycles. The fourth-order valence-electron chi connectivity index (χ4n) is 1.25. The molecule has 0 unspecified atom stereocenters. The van der Waals surface area contributed by atoms with Crippen LogP contribution < -0.4 is 11.1 Å². The summed E-state index contributed by atoms with van der Waals surface area (Å²) in [7, 11) is 0. The van der Waals surface area contributed by atoms with E-state index >= 15 is 0 Å². The van der Waals surface area contributed by atoms with E-state index in [1.165, 1.54) is 11.3 Å². The monoisotopic (exact) mass is 262 g/mol. The molecule has 0 aliphatic rings. The van der Waals surface area contributed by atoms with Crippen molar-refractivity contribution in [2.24, 2.45) is 5.73 Å². The van der Waals surface area contributed by atoms with Crippen LogP contribution in [0.3, 0.4) is 0 Å². The largest absolute Gasteiger partial charge is 0.350 e. The van der Waals surface area contributed by atoms with Crippen LogP contribution in [0.15, 0.2) is 16.8 Å². The molecule has 16 heavy (non-hydrogen) atoms. The average Bonchev–Trinajstić information content (AvgIpc) is 2.79. The van der Waals surface area contributed by atoms with Crippen molar-refractivity contribution in [3.05, 3.63) is 22.4 Å². The van der Waals surface area contributed by atoms with Crippen molar-refractivity contribution in [3.63, 3.8) is 0 Å². The lowest BCUT2D eigenvalue weighted by Gasteiger charge is -2.26. The smallest absolute Gasteiger partial charge is 0.252 e. The minimum absolute atomic E-state index is 0. The van der Waals surface area contributed by atoms with E-state index in [0.717, 1.165) is 18.4 Å². The van der Waals surface area contributed by atoms with Crippen LogP contribution >= 0.6 is 23.7 Å². The van der Waals surface area contributed by atoms with Gasteiger partial charge in [0.25, 0.3) is 5.91 Å². The molecule has 0 saturated heterocycles. The number of thiophene rings is 1. The van der Waals surface area contributed by atoms with Crippen molar-refractivity contribution in [2.75, 3.05) is 6.54 Å². The molecule has 0 aliphatic carbocycles. The first-order chi connectivity index (χ1) is 7.11. The summed E-state index contributed by atoms with van der Waals surface area (Å²) in [5.74, 6) is -0.0343. The summed E-state index contributed by atoms with van der Waals surface area (Å²) in [6, 6.07) is 1.82. The summed E-state index contributed by atoms with van der Waals surface area (Å²) < 4.78 is 0. The molecular weight excluding hydrogens is 244 g/mol. The number of halogens is 1. The second-order valence-corrected chi connectivity index (χ2v) is 4.54. The minimum atomic E-state index is -0.272. The number of carbonyl (C=O) groups is 1. The van der Waals surface area contributed by atoms with Gasteiger partial charge in [0.05, 0.1) is 0 Å². The highest BCUT2D eigenvalue weighted by Gasteiger charge is 2.21. The Kier molecular flexibility index (Phi) is 6.64. The van der Waals surface area contributed by atoms with Gasteiger partial charge in [-0.3, -0.25) is 4.79 Å². The molecule has 1 aromatic rings. The third-order valence-corrected chi connectivity index (χ3v) is 3.48. The molecule has 0 bridgehead atoms. The quantitative estimate of drug-likeness (QED) is 0.856. The Morgan fingerprint density at radius 2 is 2.12 bits per heavy atom. The lowest BCUT2D eigenvalue weighted by Crippen LogP contribution is -2.49. The number of hydrogen-bond donors (Lipinski definition) is 2. The van der Waals surface area contributed by atoms with Gasteiger partial charge in [0.2, 0.25) is 0 Å². The second kappa shape index (κ2) is 6.89. The molecule has 0 aromatic carbocycles. The van der Waals surface area contributed by atoms with Crippen molar-refractivity contribution in [1.82, 2.24) is 5.32 Å². The van der Waals surface area contributed by atoms with E-state index in [-0.39, 0.29) is 23.9 Å². The van der Waals surface area contributed by atoms with Gasteiger partial charge >= 0.3 is 0 Å². The molecule has 3 N–H and O–H groups in total. The molecular formula is C11H19ClN2OS. The number of carbonyl (C=O) groups excluding carboxylic acids is 1. The fraction of sp³-hybridized carbons (Fsp3) is 0.545.